The number of amides is 2. The molecule has 1 heterocycles. The van der Waals surface area contributed by atoms with Gasteiger partial charge in [-0.25, -0.2) is 8.42 Å². The maximum Gasteiger partial charge on any atom is 0.241 e. The Hall–Kier alpha value is -3.94. The number of primary amides is 1. The number of carbonyl (C=O) groups is 2. The van der Waals surface area contributed by atoms with Gasteiger partial charge < -0.3 is 15.4 Å². The number of hydrogen-bond acceptors (Lipinski definition) is 6. The molecule has 4 rings (SSSR count). The first-order valence-electron chi connectivity index (χ1n) is 11.3. The van der Waals surface area contributed by atoms with Gasteiger partial charge in [-0.2, -0.15) is 9.98 Å². The van der Waals surface area contributed by atoms with Crippen molar-refractivity contribution in [3.63, 3.8) is 0 Å². The minimum atomic E-state index is -4.18. The second kappa shape index (κ2) is 9.97. The van der Waals surface area contributed by atoms with E-state index in [2.05, 4.69) is 10.8 Å². The van der Waals surface area contributed by atoms with E-state index in [9.17, 15) is 18.0 Å². The minimum Gasteiger partial charge on any atom is -0.497 e. The van der Waals surface area contributed by atoms with Gasteiger partial charge in [0.1, 0.15) is 5.75 Å². The zero-order valence-electron chi connectivity index (χ0n) is 19.9. The molecule has 0 aromatic heterocycles. The summed E-state index contributed by atoms with van der Waals surface area (Å²) in [6.07, 6.45) is 0.417. The first-order chi connectivity index (χ1) is 17.1. The van der Waals surface area contributed by atoms with Gasteiger partial charge in [0.2, 0.25) is 21.8 Å². The third-order valence-corrected chi connectivity index (χ3v) is 7.92. The first kappa shape index (κ1) is 25.2. The Labute approximate surface area is 209 Å². The van der Waals surface area contributed by atoms with Crippen LogP contribution < -0.4 is 15.2 Å². The van der Waals surface area contributed by atoms with E-state index in [-0.39, 0.29) is 10.8 Å². The van der Waals surface area contributed by atoms with E-state index in [1.807, 2.05) is 6.07 Å². The van der Waals surface area contributed by atoms with E-state index in [1.165, 1.54) is 20.1 Å². The number of sulfonamides is 1. The zero-order valence-corrected chi connectivity index (χ0v) is 20.7. The largest absolute Gasteiger partial charge is 0.497 e. The number of rotatable bonds is 8. The van der Waals surface area contributed by atoms with Gasteiger partial charge in [0.15, 0.2) is 0 Å². The number of carbonyl (C=O) groups excluding carboxylic acids is 2. The van der Waals surface area contributed by atoms with Crippen molar-refractivity contribution in [1.29, 1.82) is 5.26 Å². The molecule has 0 radical (unpaired) electrons. The van der Waals surface area contributed by atoms with Crippen LogP contribution in [0.3, 0.4) is 0 Å². The highest BCUT2D eigenvalue weighted by Gasteiger charge is 2.37. The van der Waals surface area contributed by atoms with Gasteiger partial charge in [-0.15, -0.1) is 0 Å². The molecule has 1 fully saturated rings. The molecule has 0 aliphatic carbocycles. The highest BCUT2D eigenvalue weighted by atomic mass is 32.2. The summed E-state index contributed by atoms with van der Waals surface area (Å²) in [4.78, 5) is 26.6. The molecule has 186 valence electrons. The summed E-state index contributed by atoms with van der Waals surface area (Å²) < 4.78 is 34.3. The van der Waals surface area contributed by atoms with E-state index < -0.39 is 27.9 Å². The van der Waals surface area contributed by atoms with Crippen molar-refractivity contribution in [2.24, 2.45) is 5.73 Å². The van der Waals surface area contributed by atoms with Crippen LogP contribution in [0.2, 0.25) is 0 Å². The lowest BCUT2D eigenvalue weighted by Gasteiger charge is -2.20. The molecule has 3 aromatic rings. The summed E-state index contributed by atoms with van der Waals surface area (Å²) in [5.41, 5.74) is 6.94. The maximum absolute atomic E-state index is 13.5. The molecule has 36 heavy (non-hydrogen) atoms. The molecule has 3 aromatic carbocycles. The molecular formula is C26H26N4O5S. The smallest absolute Gasteiger partial charge is 0.241 e. The lowest BCUT2D eigenvalue weighted by molar-refractivity contribution is -0.129. The topological polar surface area (TPSA) is 143 Å². The van der Waals surface area contributed by atoms with Crippen LogP contribution in [-0.4, -0.2) is 44.8 Å². The Morgan fingerprint density at radius 3 is 2.69 bits per heavy atom. The molecule has 1 aliphatic rings. The number of nitrogens with one attached hydrogen (secondary N) is 1. The number of likely N-dealkylation sites (tertiary alicyclic amines) is 1. The summed E-state index contributed by atoms with van der Waals surface area (Å²) in [6.45, 7) is 2.11. The Morgan fingerprint density at radius 2 is 2.00 bits per heavy atom. The number of hydrogen-bond donors (Lipinski definition) is 2. The molecule has 0 bridgehead atoms. The molecule has 1 aliphatic heterocycles. The molecule has 2 amide bonds. The second-order valence-electron chi connectivity index (χ2n) is 8.76. The van der Waals surface area contributed by atoms with Gasteiger partial charge in [-0.05, 0) is 71.6 Å². The fourth-order valence-corrected chi connectivity index (χ4v) is 5.91. The Balaban J connectivity index is 1.75. The van der Waals surface area contributed by atoms with Crippen LogP contribution in [0.4, 0.5) is 0 Å². The number of ether oxygens (including phenoxy) is 1. The average molecular weight is 507 g/mol. The fourth-order valence-electron chi connectivity index (χ4n) is 4.40. The van der Waals surface area contributed by atoms with Crippen molar-refractivity contribution in [3.8, 4) is 11.8 Å². The summed E-state index contributed by atoms with van der Waals surface area (Å²) in [5.74, 6) is -1.12. The average Bonchev–Trinajstić information content (AvgIpc) is 3.22. The summed E-state index contributed by atoms with van der Waals surface area (Å²) in [6, 6.07) is 16.4. The van der Waals surface area contributed by atoms with Gasteiger partial charge in [0, 0.05) is 13.1 Å². The van der Waals surface area contributed by atoms with Gasteiger partial charge >= 0.3 is 0 Å². The Bertz CT molecular complexity index is 1500. The SMILES string of the molecule is COc1ccc2cc(S(=O)(=O)NC(C)C(N)=O)c([C@@H]3CCN(Cc4cccc(C#N)c4)C3=O)cc2c1. The normalized spacial score (nSPS) is 16.6. The third-order valence-electron chi connectivity index (χ3n) is 6.33. The van der Waals surface area contributed by atoms with E-state index >= 15 is 0 Å². The number of benzene rings is 3. The van der Waals surface area contributed by atoms with Crippen LogP contribution in [0.25, 0.3) is 10.8 Å². The van der Waals surface area contributed by atoms with E-state index in [1.54, 1.807) is 47.4 Å². The van der Waals surface area contributed by atoms with Crippen LogP contribution in [0, 0.1) is 11.3 Å². The van der Waals surface area contributed by atoms with E-state index in [0.717, 1.165) is 10.9 Å². The predicted molar refractivity (Wildman–Crippen MR) is 133 cm³/mol. The highest BCUT2D eigenvalue weighted by Crippen LogP contribution is 2.37. The first-order valence-corrected chi connectivity index (χ1v) is 12.8. The lowest BCUT2D eigenvalue weighted by Crippen LogP contribution is -2.42. The van der Waals surface area contributed by atoms with Crippen molar-refractivity contribution < 1.29 is 22.7 Å². The molecular weight excluding hydrogens is 480 g/mol. The van der Waals surface area contributed by atoms with E-state index in [0.29, 0.717) is 41.8 Å². The number of nitrogens with zero attached hydrogens (tertiary/aromatic N) is 2. The highest BCUT2D eigenvalue weighted by molar-refractivity contribution is 7.89. The van der Waals surface area contributed by atoms with Crippen molar-refractivity contribution >= 4 is 32.6 Å². The monoisotopic (exact) mass is 506 g/mol. The number of fused-ring (bicyclic) bond motifs is 1. The van der Waals surface area contributed by atoms with Crippen molar-refractivity contribution in [2.75, 3.05) is 13.7 Å². The van der Waals surface area contributed by atoms with Gasteiger partial charge in [0.25, 0.3) is 0 Å². The van der Waals surface area contributed by atoms with Crippen LogP contribution in [-0.2, 0) is 26.2 Å². The van der Waals surface area contributed by atoms with Gasteiger partial charge in [-0.1, -0.05) is 18.2 Å². The molecule has 0 saturated carbocycles. The molecule has 0 spiro atoms. The van der Waals surface area contributed by atoms with Crippen molar-refractivity contribution in [2.45, 2.75) is 36.7 Å². The summed E-state index contributed by atoms with van der Waals surface area (Å²) >= 11 is 0. The molecule has 10 heteroatoms. The lowest BCUT2D eigenvalue weighted by atomic mass is 9.94. The predicted octanol–water partition coefficient (Wildman–Crippen LogP) is 2.39. The van der Waals surface area contributed by atoms with Crippen LogP contribution in [0.5, 0.6) is 5.75 Å². The third kappa shape index (κ3) is 5.03. The molecule has 9 nitrogen and oxygen atoms in total. The molecule has 3 N–H and O–H groups in total. The summed E-state index contributed by atoms with van der Waals surface area (Å²) in [5, 5.41) is 10.5. The zero-order chi connectivity index (χ0) is 26.0. The van der Waals surface area contributed by atoms with Crippen LogP contribution in [0.15, 0.2) is 59.5 Å². The van der Waals surface area contributed by atoms with Crippen LogP contribution in [0.1, 0.15) is 36.0 Å². The quantitative estimate of drug-likeness (QED) is 0.480. The van der Waals surface area contributed by atoms with Crippen LogP contribution >= 0.6 is 0 Å². The standard InChI is InChI=1S/C26H26N4O5S/c1-16(25(28)31)29-36(33,34)24-13-19-6-7-21(35-2)11-20(19)12-23(24)22-8-9-30(26(22)32)15-18-5-3-4-17(10-18)14-27/h3-7,10-13,16,22,29H,8-9,15H2,1-2H3,(H2,28,31)/t16?,22-/m0/s1. The minimum absolute atomic E-state index is 0.0695. The second-order valence-corrected chi connectivity index (χ2v) is 10.4. The van der Waals surface area contributed by atoms with Gasteiger partial charge in [-0.3, -0.25) is 9.59 Å². The fraction of sp³-hybridized carbons (Fsp3) is 0.269. The molecule has 1 unspecified atom stereocenters. The number of nitrogens with two attached hydrogens (primary N) is 1. The Morgan fingerprint density at radius 1 is 1.22 bits per heavy atom. The summed E-state index contributed by atoms with van der Waals surface area (Å²) in [7, 11) is -2.64. The Kier molecular flexibility index (Phi) is 6.97. The maximum atomic E-state index is 13.5. The van der Waals surface area contributed by atoms with Crippen molar-refractivity contribution in [3.05, 3.63) is 71.3 Å². The van der Waals surface area contributed by atoms with Crippen molar-refractivity contribution in [1.82, 2.24) is 9.62 Å². The van der Waals surface area contributed by atoms with E-state index in [4.69, 9.17) is 15.7 Å². The number of methoxy groups -OCH3 is 1. The van der Waals surface area contributed by atoms with Gasteiger partial charge in [0.05, 0.1) is 35.6 Å². The molecule has 2 atom stereocenters. The molecule has 1 saturated heterocycles. The number of nitriles is 1.